The van der Waals surface area contributed by atoms with Gasteiger partial charge in [-0.1, -0.05) is 74.5 Å². The summed E-state index contributed by atoms with van der Waals surface area (Å²) in [6.07, 6.45) is 16.6. The predicted octanol–water partition coefficient (Wildman–Crippen LogP) is 8.05. The van der Waals surface area contributed by atoms with E-state index in [9.17, 15) is 24.0 Å². The Kier molecular flexibility index (Phi) is 12.8. The third kappa shape index (κ3) is 9.66. The summed E-state index contributed by atoms with van der Waals surface area (Å²) >= 11 is 3.28. The summed E-state index contributed by atoms with van der Waals surface area (Å²) in [5.74, 6) is 1.46. The van der Waals surface area contributed by atoms with Gasteiger partial charge in [-0.05, 0) is 41.6 Å². The zero-order chi connectivity index (χ0) is 43.7. The summed E-state index contributed by atoms with van der Waals surface area (Å²) in [5.41, 5.74) is 4.74. The quantitative estimate of drug-likeness (QED) is 0.191. The van der Waals surface area contributed by atoms with Crippen LogP contribution >= 0.6 is 15.9 Å². The van der Waals surface area contributed by atoms with Crippen molar-refractivity contribution < 1.29 is 24.0 Å². The number of anilines is 2. The largest absolute Gasteiger partial charge is 0.344 e. The van der Waals surface area contributed by atoms with E-state index in [4.69, 9.17) is 0 Å². The lowest BCUT2D eigenvalue weighted by atomic mass is 9.86. The van der Waals surface area contributed by atoms with E-state index in [2.05, 4.69) is 50.8 Å². The molecule has 0 radical (unpaired) electrons. The number of hydrogen-bond donors (Lipinski definition) is 1. The molecule has 2 aliphatic carbocycles. The summed E-state index contributed by atoms with van der Waals surface area (Å²) < 4.78 is 0.667. The molecule has 6 heterocycles. The fourth-order valence-electron chi connectivity index (χ4n) is 7.14. The fraction of sp³-hybridized carbons (Fsp3) is 0.489. The third-order valence-corrected chi connectivity index (χ3v) is 10.9. The SMILES string of the molecule is CC(C)(C)C(=O)C1=CCc2ncc(Br)nc21.CC(C)(C)C(=O)C1=CCc2ncc(N3CCCCC3=O)nc21.CC(C)(C)C(=O)c1c[nH]c2ncc(N3CCCCC3=O)nc12. The van der Waals surface area contributed by atoms with Crippen LogP contribution in [0, 0.1) is 16.2 Å². The fourth-order valence-corrected chi connectivity index (χ4v) is 7.42. The van der Waals surface area contributed by atoms with Gasteiger partial charge < -0.3 is 4.98 Å². The van der Waals surface area contributed by atoms with Gasteiger partial charge in [-0.3, -0.25) is 43.7 Å². The molecule has 60 heavy (non-hydrogen) atoms. The van der Waals surface area contributed by atoms with E-state index in [1.165, 1.54) is 0 Å². The molecule has 0 bridgehead atoms. The molecule has 4 aromatic rings. The second kappa shape index (κ2) is 17.3. The number of aromatic amines is 1. The van der Waals surface area contributed by atoms with Crippen molar-refractivity contribution >= 4 is 79.0 Å². The van der Waals surface area contributed by atoms with Crippen molar-refractivity contribution in [2.24, 2.45) is 16.2 Å². The summed E-state index contributed by atoms with van der Waals surface area (Å²) in [6, 6.07) is 0. The maximum atomic E-state index is 12.6. The molecule has 0 unspecified atom stereocenters. The normalized spacial score (nSPS) is 16.6. The van der Waals surface area contributed by atoms with Crippen LogP contribution in [0.25, 0.3) is 22.3 Å². The van der Waals surface area contributed by atoms with E-state index < -0.39 is 10.8 Å². The van der Waals surface area contributed by atoms with Crippen LogP contribution in [-0.2, 0) is 32.0 Å². The van der Waals surface area contributed by atoms with Crippen LogP contribution < -0.4 is 9.80 Å². The zero-order valence-corrected chi connectivity index (χ0v) is 37.6. The first kappa shape index (κ1) is 44.2. The number of fused-ring (bicyclic) bond motifs is 3. The number of allylic oxidation sites excluding steroid dienone is 4. The van der Waals surface area contributed by atoms with Gasteiger partial charge >= 0.3 is 0 Å². The molecule has 316 valence electrons. The first-order valence-electron chi connectivity index (χ1n) is 20.5. The van der Waals surface area contributed by atoms with Crippen molar-refractivity contribution in [3.63, 3.8) is 0 Å². The van der Waals surface area contributed by atoms with Gasteiger partial charge in [0.25, 0.3) is 0 Å². The lowest BCUT2D eigenvalue weighted by Crippen LogP contribution is -2.36. The van der Waals surface area contributed by atoms with Crippen LogP contribution in [0.4, 0.5) is 11.6 Å². The Morgan fingerprint density at radius 3 is 1.58 bits per heavy atom. The van der Waals surface area contributed by atoms with Crippen LogP contribution in [0.1, 0.15) is 134 Å². The molecule has 2 saturated heterocycles. The molecule has 0 saturated carbocycles. The van der Waals surface area contributed by atoms with Crippen molar-refractivity contribution in [2.45, 2.75) is 114 Å². The maximum absolute atomic E-state index is 12.6. The molecule has 8 rings (SSSR count). The molecule has 1 N–H and O–H groups in total. The number of nitrogens with zero attached hydrogens (tertiary/aromatic N) is 8. The van der Waals surface area contributed by atoms with Crippen molar-refractivity contribution in [2.75, 3.05) is 22.9 Å². The van der Waals surface area contributed by atoms with E-state index >= 15 is 0 Å². The number of piperidine rings is 2. The number of Topliss-reactive ketones (excluding diaryl/α,β-unsaturated/α-hetero) is 3. The molecular formula is C45H54BrN9O5. The zero-order valence-electron chi connectivity index (χ0n) is 36.0. The van der Waals surface area contributed by atoms with E-state index in [1.807, 2.05) is 74.5 Å². The average Bonchev–Trinajstić information content (AvgIpc) is 3.93. The van der Waals surface area contributed by atoms with Crippen molar-refractivity contribution in [3.05, 3.63) is 69.9 Å². The van der Waals surface area contributed by atoms with Crippen LogP contribution in [-0.4, -0.2) is 77.1 Å². The Morgan fingerprint density at radius 2 is 1.08 bits per heavy atom. The van der Waals surface area contributed by atoms with Gasteiger partial charge in [-0.25, -0.2) is 19.9 Å². The Balaban J connectivity index is 0.000000153. The second-order valence-corrected chi connectivity index (χ2v) is 19.3. The van der Waals surface area contributed by atoms with Gasteiger partial charge in [0.05, 0.1) is 46.9 Å². The van der Waals surface area contributed by atoms with Crippen molar-refractivity contribution in [1.29, 1.82) is 0 Å². The number of aromatic nitrogens is 7. The van der Waals surface area contributed by atoms with E-state index in [-0.39, 0.29) is 34.6 Å². The summed E-state index contributed by atoms with van der Waals surface area (Å²) in [4.78, 5) is 94.2. The highest BCUT2D eigenvalue weighted by atomic mass is 79.9. The number of ketones is 3. The van der Waals surface area contributed by atoms with E-state index in [1.54, 1.807) is 34.6 Å². The molecule has 0 aromatic carbocycles. The van der Waals surface area contributed by atoms with Gasteiger partial charge in [0, 0.05) is 72.4 Å². The molecule has 2 amide bonds. The maximum Gasteiger partial charge on any atom is 0.228 e. The van der Waals surface area contributed by atoms with Gasteiger partial charge in [0.15, 0.2) is 34.6 Å². The predicted molar refractivity (Wildman–Crippen MR) is 234 cm³/mol. The second-order valence-electron chi connectivity index (χ2n) is 18.5. The highest BCUT2D eigenvalue weighted by Gasteiger charge is 2.33. The molecule has 4 aromatic heterocycles. The number of amides is 2. The number of carbonyl (C=O) groups is 5. The number of nitrogens with one attached hydrogen (secondary N) is 1. The van der Waals surface area contributed by atoms with Crippen LogP contribution in [0.5, 0.6) is 0 Å². The lowest BCUT2D eigenvalue weighted by molar-refractivity contribution is -0.121. The number of hydrogen-bond acceptors (Lipinski definition) is 11. The number of halogens is 1. The molecule has 0 atom stereocenters. The number of H-pyrrole nitrogens is 1. The summed E-state index contributed by atoms with van der Waals surface area (Å²) in [6.45, 7) is 18.4. The van der Waals surface area contributed by atoms with Crippen LogP contribution in [0.15, 0.2) is 41.5 Å². The van der Waals surface area contributed by atoms with Gasteiger partial charge in [-0.15, -0.1) is 0 Å². The average molecular weight is 881 g/mol. The molecule has 14 nitrogen and oxygen atoms in total. The minimum absolute atomic E-state index is 0.00942. The first-order valence-corrected chi connectivity index (χ1v) is 21.3. The van der Waals surface area contributed by atoms with Crippen molar-refractivity contribution in [3.8, 4) is 0 Å². The molecule has 2 fully saturated rings. The smallest absolute Gasteiger partial charge is 0.228 e. The number of carbonyl (C=O) groups excluding carboxylic acids is 5. The minimum atomic E-state index is -0.492. The Hall–Kier alpha value is -5.31. The summed E-state index contributed by atoms with van der Waals surface area (Å²) in [7, 11) is 0. The Labute approximate surface area is 359 Å². The minimum Gasteiger partial charge on any atom is -0.344 e. The Morgan fingerprint density at radius 1 is 0.617 bits per heavy atom. The number of rotatable bonds is 5. The summed E-state index contributed by atoms with van der Waals surface area (Å²) in [5, 5.41) is 0. The van der Waals surface area contributed by atoms with Crippen LogP contribution in [0.2, 0.25) is 0 Å². The Bertz CT molecular complexity index is 2430. The highest BCUT2D eigenvalue weighted by molar-refractivity contribution is 9.10. The van der Waals surface area contributed by atoms with E-state index in [0.29, 0.717) is 88.6 Å². The first-order chi connectivity index (χ1) is 28.1. The molecule has 4 aliphatic rings. The molecule has 15 heteroatoms. The van der Waals surface area contributed by atoms with Gasteiger partial charge in [0.1, 0.15) is 10.1 Å². The van der Waals surface area contributed by atoms with Crippen LogP contribution in [0.3, 0.4) is 0 Å². The lowest BCUT2D eigenvalue weighted by Gasteiger charge is -2.26. The standard InChI is InChI=1S/C17H21N3O2.C16H20N4O2.C12H13BrN2O/c1-17(2,3)16(22)11-7-8-12-15(11)19-13(10-18-12)20-9-5-4-6-14(20)21;1-16(2,3)14(22)10-8-17-15-13(10)19-11(9-18-15)20-7-5-4-6-12(20)21;1-12(2,3)11(16)7-4-5-8-10(7)15-9(13)6-14-8/h7,10H,4-6,8-9H2,1-3H3;8-9H,4-7H2,1-3H3,(H,17,18);4,6H,5H2,1-3H3. The third-order valence-electron chi connectivity index (χ3n) is 10.5. The van der Waals surface area contributed by atoms with Crippen molar-refractivity contribution in [1.82, 2.24) is 34.9 Å². The van der Waals surface area contributed by atoms with Gasteiger partial charge in [-0.2, -0.15) is 0 Å². The monoisotopic (exact) mass is 879 g/mol. The topological polar surface area (TPSA) is 185 Å². The van der Waals surface area contributed by atoms with E-state index in [0.717, 1.165) is 42.8 Å². The highest BCUT2D eigenvalue weighted by Crippen LogP contribution is 2.34. The molecule has 2 aliphatic heterocycles. The van der Waals surface area contributed by atoms with Gasteiger partial charge in [0.2, 0.25) is 11.8 Å². The molecular weight excluding hydrogens is 826 g/mol. The molecule has 0 spiro atoms.